The predicted octanol–water partition coefficient (Wildman–Crippen LogP) is 2.82. The summed E-state index contributed by atoms with van der Waals surface area (Å²) in [6.07, 6.45) is 0. The van der Waals surface area contributed by atoms with Gasteiger partial charge in [0.25, 0.3) is 0 Å². The second kappa shape index (κ2) is 3.04. The van der Waals surface area contributed by atoms with Crippen molar-refractivity contribution in [2.24, 2.45) is 0 Å². The first-order valence-electron chi connectivity index (χ1n) is 4.05. The molecule has 60 valence electrons. The van der Waals surface area contributed by atoms with E-state index in [0.717, 1.165) is 5.69 Å². The fourth-order valence-electron chi connectivity index (χ4n) is 0.972. The molecular weight excluding hydrogens is 134 g/mol. The number of nitrogens with zero attached hydrogens (tertiary/aromatic N) is 1. The van der Waals surface area contributed by atoms with Crippen molar-refractivity contribution >= 4 is 0 Å². The fourth-order valence-corrected chi connectivity index (χ4v) is 0.972. The summed E-state index contributed by atoms with van der Waals surface area (Å²) in [6, 6.07) is 4.24. The second-order valence-electron chi connectivity index (χ2n) is 3.29. The zero-order chi connectivity index (χ0) is 8.43. The van der Waals surface area contributed by atoms with Crippen LogP contribution in [-0.2, 0) is 0 Å². The quantitative estimate of drug-likeness (QED) is 0.598. The molecule has 0 spiro atoms. The van der Waals surface area contributed by atoms with E-state index in [4.69, 9.17) is 0 Å². The highest BCUT2D eigenvalue weighted by atomic mass is 14.7. The Labute approximate surface area is 68.5 Å². The molecular formula is C10H15N. The minimum Gasteiger partial charge on any atom is -0.258 e. The maximum Gasteiger partial charge on any atom is 0.0432 e. The summed E-state index contributed by atoms with van der Waals surface area (Å²) < 4.78 is 0. The standard InChI is InChI=1S/C10H15N/c1-7(2)10-6-5-8(3)9(4)11-10/h5-7H,1-4H3. The molecule has 0 aromatic carbocycles. The Hall–Kier alpha value is -0.850. The van der Waals surface area contributed by atoms with Crippen LogP contribution in [0, 0.1) is 13.8 Å². The molecule has 1 heterocycles. The van der Waals surface area contributed by atoms with Crippen LogP contribution in [0.1, 0.15) is 36.7 Å². The Balaban J connectivity index is 3.05. The number of hydrogen-bond acceptors (Lipinski definition) is 1. The lowest BCUT2D eigenvalue weighted by Crippen LogP contribution is -1.95. The van der Waals surface area contributed by atoms with Gasteiger partial charge in [0.2, 0.25) is 0 Å². The van der Waals surface area contributed by atoms with E-state index in [0.29, 0.717) is 5.92 Å². The van der Waals surface area contributed by atoms with Crippen LogP contribution in [0.15, 0.2) is 12.1 Å². The third-order valence-electron chi connectivity index (χ3n) is 1.96. The third kappa shape index (κ3) is 1.79. The summed E-state index contributed by atoms with van der Waals surface area (Å²) in [6.45, 7) is 8.47. The Morgan fingerprint density at radius 3 is 2.27 bits per heavy atom. The molecule has 1 aromatic rings. The molecule has 11 heavy (non-hydrogen) atoms. The molecule has 0 saturated heterocycles. The van der Waals surface area contributed by atoms with E-state index >= 15 is 0 Å². The first-order valence-corrected chi connectivity index (χ1v) is 4.05. The van der Waals surface area contributed by atoms with E-state index in [1.54, 1.807) is 0 Å². The Morgan fingerprint density at radius 1 is 1.18 bits per heavy atom. The topological polar surface area (TPSA) is 12.9 Å². The van der Waals surface area contributed by atoms with Crippen LogP contribution in [0.2, 0.25) is 0 Å². The molecule has 0 amide bonds. The first-order chi connectivity index (χ1) is 5.11. The fraction of sp³-hybridized carbons (Fsp3) is 0.500. The molecule has 1 nitrogen and oxygen atoms in total. The van der Waals surface area contributed by atoms with Gasteiger partial charge in [-0.1, -0.05) is 19.9 Å². The van der Waals surface area contributed by atoms with E-state index in [1.807, 2.05) is 0 Å². The molecule has 0 saturated carbocycles. The summed E-state index contributed by atoms with van der Waals surface area (Å²) >= 11 is 0. The van der Waals surface area contributed by atoms with E-state index in [-0.39, 0.29) is 0 Å². The zero-order valence-electron chi connectivity index (χ0n) is 7.68. The van der Waals surface area contributed by atoms with Crippen LogP contribution < -0.4 is 0 Å². The number of aryl methyl sites for hydroxylation is 2. The van der Waals surface area contributed by atoms with Crippen molar-refractivity contribution in [3.63, 3.8) is 0 Å². The van der Waals surface area contributed by atoms with Crippen LogP contribution in [0.25, 0.3) is 0 Å². The van der Waals surface area contributed by atoms with Crippen LogP contribution >= 0.6 is 0 Å². The lowest BCUT2D eigenvalue weighted by Gasteiger charge is -2.06. The van der Waals surface area contributed by atoms with Crippen molar-refractivity contribution in [3.8, 4) is 0 Å². The van der Waals surface area contributed by atoms with Gasteiger partial charge in [-0.05, 0) is 31.4 Å². The molecule has 0 aliphatic rings. The number of hydrogen-bond donors (Lipinski definition) is 0. The Morgan fingerprint density at radius 2 is 1.82 bits per heavy atom. The molecule has 1 heteroatoms. The van der Waals surface area contributed by atoms with Gasteiger partial charge in [0.15, 0.2) is 0 Å². The van der Waals surface area contributed by atoms with E-state index in [1.165, 1.54) is 11.3 Å². The van der Waals surface area contributed by atoms with Crippen molar-refractivity contribution in [2.45, 2.75) is 33.6 Å². The SMILES string of the molecule is Cc1ccc(C(C)C)nc1C. The largest absolute Gasteiger partial charge is 0.258 e. The maximum atomic E-state index is 4.47. The highest BCUT2D eigenvalue weighted by molar-refractivity contribution is 5.21. The van der Waals surface area contributed by atoms with Crippen molar-refractivity contribution in [1.29, 1.82) is 0 Å². The number of rotatable bonds is 1. The number of aromatic nitrogens is 1. The van der Waals surface area contributed by atoms with Gasteiger partial charge in [-0.3, -0.25) is 4.98 Å². The van der Waals surface area contributed by atoms with E-state index in [9.17, 15) is 0 Å². The van der Waals surface area contributed by atoms with Gasteiger partial charge < -0.3 is 0 Å². The normalized spacial score (nSPS) is 10.6. The van der Waals surface area contributed by atoms with Gasteiger partial charge in [0, 0.05) is 11.4 Å². The summed E-state index contributed by atoms with van der Waals surface area (Å²) in [5, 5.41) is 0. The van der Waals surface area contributed by atoms with E-state index in [2.05, 4.69) is 44.8 Å². The molecule has 0 unspecified atom stereocenters. The van der Waals surface area contributed by atoms with Crippen molar-refractivity contribution in [3.05, 3.63) is 29.1 Å². The molecule has 0 atom stereocenters. The van der Waals surface area contributed by atoms with Crippen LogP contribution in [-0.4, -0.2) is 4.98 Å². The molecule has 0 fully saturated rings. The summed E-state index contributed by atoms with van der Waals surface area (Å²) in [7, 11) is 0. The van der Waals surface area contributed by atoms with Crippen molar-refractivity contribution in [1.82, 2.24) is 4.98 Å². The highest BCUT2D eigenvalue weighted by Crippen LogP contribution is 2.13. The van der Waals surface area contributed by atoms with Gasteiger partial charge in [-0.15, -0.1) is 0 Å². The summed E-state index contributed by atoms with van der Waals surface area (Å²) in [5.41, 5.74) is 3.61. The van der Waals surface area contributed by atoms with Crippen LogP contribution in [0.5, 0.6) is 0 Å². The van der Waals surface area contributed by atoms with Gasteiger partial charge in [-0.25, -0.2) is 0 Å². The highest BCUT2D eigenvalue weighted by Gasteiger charge is 2.00. The molecule has 0 aliphatic heterocycles. The third-order valence-corrected chi connectivity index (χ3v) is 1.96. The monoisotopic (exact) mass is 149 g/mol. The van der Waals surface area contributed by atoms with Gasteiger partial charge >= 0.3 is 0 Å². The summed E-state index contributed by atoms with van der Waals surface area (Å²) in [5.74, 6) is 0.536. The molecule has 1 aromatic heterocycles. The number of pyridine rings is 1. The van der Waals surface area contributed by atoms with Gasteiger partial charge in [0.1, 0.15) is 0 Å². The Bertz CT molecular complexity index is 251. The van der Waals surface area contributed by atoms with Gasteiger partial charge in [0.05, 0.1) is 0 Å². The van der Waals surface area contributed by atoms with Crippen LogP contribution in [0.4, 0.5) is 0 Å². The van der Waals surface area contributed by atoms with Gasteiger partial charge in [-0.2, -0.15) is 0 Å². The Kier molecular flexibility index (Phi) is 2.28. The minimum atomic E-state index is 0.536. The molecule has 0 bridgehead atoms. The average molecular weight is 149 g/mol. The minimum absolute atomic E-state index is 0.536. The molecule has 0 N–H and O–H groups in total. The molecule has 1 rings (SSSR count). The lowest BCUT2D eigenvalue weighted by atomic mass is 10.1. The van der Waals surface area contributed by atoms with Crippen molar-refractivity contribution < 1.29 is 0 Å². The zero-order valence-corrected chi connectivity index (χ0v) is 7.68. The second-order valence-corrected chi connectivity index (χ2v) is 3.29. The summed E-state index contributed by atoms with van der Waals surface area (Å²) in [4.78, 5) is 4.47. The van der Waals surface area contributed by atoms with Crippen molar-refractivity contribution in [2.75, 3.05) is 0 Å². The first kappa shape index (κ1) is 8.25. The maximum absolute atomic E-state index is 4.47. The lowest BCUT2D eigenvalue weighted by molar-refractivity contribution is 0.813. The average Bonchev–Trinajstić information content (AvgIpc) is 1.94. The molecule has 0 radical (unpaired) electrons. The van der Waals surface area contributed by atoms with Crippen LogP contribution in [0.3, 0.4) is 0 Å². The predicted molar refractivity (Wildman–Crippen MR) is 47.8 cm³/mol. The molecule has 0 aliphatic carbocycles. The van der Waals surface area contributed by atoms with E-state index < -0.39 is 0 Å². The smallest absolute Gasteiger partial charge is 0.0432 e.